The van der Waals surface area contributed by atoms with Gasteiger partial charge < -0.3 is 5.11 Å². The fraction of sp³-hybridized carbons (Fsp3) is 0.417. The molecule has 2 rings (SSSR count). The summed E-state index contributed by atoms with van der Waals surface area (Å²) in [4.78, 5) is 9.02. The van der Waals surface area contributed by atoms with Crippen molar-refractivity contribution in [3.05, 3.63) is 60.0 Å². The number of benzene rings is 1. The second-order valence-electron chi connectivity index (χ2n) is 9.22. The van der Waals surface area contributed by atoms with E-state index in [1.165, 1.54) is 5.57 Å². The van der Waals surface area contributed by atoms with Crippen LogP contribution in [0.3, 0.4) is 0 Å². The molecule has 0 unspecified atom stereocenters. The van der Waals surface area contributed by atoms with Crippen LogP contribution in [0.25, 0.3) is 10.9 Å². The maximum Gasteiger partial charge on any atom is 0.0958 e. The predicted molar refractivity (Wildman–Crippen MR) is 117 cm³/mol. The third-order valence-electron chi connectivity index (χ3n) is 4.56. The smallest absolute Gasteiger partial charge is 0.0958 e. The molecule has 0 saturated heterocycles. The summed E-state index contributed by atoms with van der Waals surface area (Å²) < 4.78 is 0. The highest BCUT2D eigenvalue weighted by molar-refractivity contribution is 5.92. The topological polar surface area (TPSA) is 45.5 Å². The molecule has 1 N–H and O–H groups in total. The van der Waals surface area contributed by atoms with Crippen molar-refractivity contribution in [2.24, 2.45) is 15.8 Å². The summed E-state index contributed by atoms with van der Waals surface area (Å²) in [6, 6.07) is 9.87. The molecule has 0 fully saturated rings. The molecule has 27 heavy (non-hydrogen) atoms. The van der Waals surface area contributed by atoms with Crippen LogP contribution in [-0.2, 0) is 0 Å². The average molecular weight is 365 g/mol. The Morgan fingerprint density at radius 2 is 1.78 bits per heavy atom. The third-order valence-corrected chi connectivity index (χ3v) is 4.56. The molecule has 0 aliphatic heterocycles. The van der Waals surface area contributed by atoms with Crippen molar-refractivity contribution in [1.29, 1.82) is 0 Å². The monoisotopic (exact) mass is 364 g/mol. The summed E-state index contributed by atoms with van der Waals surface area (Å²) in [7, 11) is 0. The van der Waals surface area contributed by atoms with Crippen molar-refractivity contribution in [3.8, 4) is 0 Å². The van der Waals surface area contributed by atoms with Gasteiger partial charge in [-0.3, -0.25) is 9.98 Å². The van der Waals surface area contributed by atoms with E-state index in [2.05, 4.69) is 57.6 Å². The van der Waals surface area contributed by atoms with E-state index in [9.17, 15) is 5.11 Å². The van der Waals surface area contributed by atoms with Crippen molar-refractivity contribution in [1.82, 2.24) is 4.98 Å². The predicted octanol–water partition coefficient (Wildman–Crippen LogP) is 7.18. The minimum atomic E-state index is 0.0361. The third kappa shape index (κ3) is 6.35. The maximum absolute atomic E-state index is 9.75. The van der Waals surface area contributed by atoms with Gasteiger partial charge in [-0.05, 0) is 35.8 Å². The summed E-state index contributed by atoms with van der Waals surface area (Å²) in [5.74, 6) is 0. The van der Waals surface area contributed by atoms with Gasteiger partial charge in [0.1, 0.15) is 0 Å². The zero-order chi connectivity index (χ0) is 20.1. The van der Waals surface area contributed by atoms with Gasteiger partial charge in [-0.1, -0.05) is 71.4 Å². The lowest BCUT2D eigenvalue weighted by molar-refractivity contribution is 0.358. The first kappa shape index (κ1) is 20.9. The van der Waals surface area contributed by atoms with Crippen LogP contribution in [0.5, 0.6) is 0 Å². The molecule has 0 aliphatic carbocycles. The van der Waals surface area contributed by atoms with E-state index in [0.29, 0.717) is 5.57 Å². The molecule has 144 valence electrons. The van der Waals surface area contributed by atoms with Crippen LogP contribution >= 0.6 is 0 Å². The van der Waals surface area contributed by atoms with Crippen molar-refractivity contribution in [3.63, 3.8) is 0 Å². The molecule has 1 aromatic carbocycles. The number of nitrogens with zero attached hydrogens (tertiary/aromatic N) is 2. The van der Waals surface area contributed by atoms with E-state index in [1.807, 2.05) is 30.3 Å². The van der Waals surface area contributed by atoms with Gasteiger partial charge in [-0.15, -0.1) is 0 Å². The number of pyridine rings is 1. The summed E-state index contributed by atoms with van der Waals surface area (Å²) in [6.45, 7) is 13.4. The van der Waals surface area contributed by atoms with Crippen molar-refractivity contribution < 1.29 is 5.11 Å². The number of allylic oxidation sites excluding steroid dienone is 3. The Hall–Kier alpha value is -2.42. The highest BCUT2D eigenvalue weighted by atomic mass is 16.2. The van der Waals surface area contributed by atoms with E-state index in [0.717, 1.165) is 35.7 Å². The van der Waals surface area contributed by atoms with Gasteiger partial charge in [0.15, 0.2) is 0 Å². The van der Waals surface area contributed by atoms with Gasteiger partial charge in [-0.25, -0.2) is 0 Å². The summed E-state index contributed by atoms with van der Waals surface area (Å²) in [5.41, 5.74) is 3.97. The molecule has 1 heterocycles. The Kier molecular flexibility index (Phi) is 6.59. The number of aliphatic imine (C=N–C) groups is 1. The molecule has 0 radical (unpaired) electrons. The second kappa shape index (κ2) is 8.51. The number of aromatic nitrogens is 1. The van der Waals surface area contributed by atoms with Crippen LogP contribution in [-0.4, -0.2) is 16.3 Å². The molecule has 0 spiro atoms. The number of para-hydroxylation sites is 1. The SMILES string of the molecule is CC(C)(C)CC\C(=C/C(=C/O)/C=N/c1cccc2cccnc12)C(C)(C)C. The zero-order valence-electron chi connectivity index (χ0n) is 17.5. The summed E-state index contributed by atoms with van der Waals surface area (Å²) >= 11 is 0. The van der Waals surface area contributed by atoms with Crippen LogP contribution in [0.2, 0.25) is 0 Å². The quantitative estimate of drug-likeness (QED) is 0.347. The van der Waals surface area contributed by atoms with E-state index in [-0.39, 0.29) is 10.8 Å². The molecule has 0 bridgehead atoms. The molecular weight excluding hydrogens is 332 g/mol. The van der Waals surface area contributed by atoms with E-state index in [4.69, 9.17) is 0 Å². The second-order valence-corrected chi connectivity index (χ2v) is 9.22. The normalized spacial score (nSPS) is 14.3. The zero-order valence-corrected chi connectivity index (χ0v) is 17.5. The average Bonchev–Trinajstić information content (AvgIpc) is 2.59. The Morgan fingerprint density at radius 1 is 1.07 bits per heavy atom. The lowest BCUT2D eigenvalue weighted by Gasteiger charge is -2.27. The number of fused-ring (bicyclic) bond motifs is 1. The fourth-order valence-corrected chi connectivity index (χ4v) is 2.82. The van der Waals surface area contributed by atoms with Crippen molar-refractivity contribution >= 4 is 22.8 Å². The molecule has 0 atom stereocenters. The lowest BCUT2D eigenvalue weighted by Crippen LogP contribution is -2.13. The fourth-order valence-electron chi connectivity index (χ4n) is 2.82. The first-order valence-corrected chi connectivity index (χ1v) is 9.53. The van der Waals surface area contributed by atoms with Crippen LogP contribution in [0.15, 0.2) is 65.0 Å². The molecule has 3 heteroatoms. The van der Waals surface area contributed by atoms with Gasteiger partial charge >= 0.3 is 0 Å². The molecular formula is C24H32N2O. The van der Waals surface area contributed by atoms with Crippen molar-refractivity contribution in [2.45, 2.75) is 54.4 Å². The van der Waals surface area contributed by atoms with Gasteiger partial charge in [0.25, 0.3) is 0 Å². The summed E-state index contributed by atoms with van der Waals surface area (Å²) in [5, 5.41) is 10.8. The van der Waals surface area contributed by atoms with Crippen LogP contribution in [0, 0.1) is 10.8 Å². The van der Waals surface area contributed by atoms with E-state index >= 15 is 0 Å². The number of rotatable bonds is 5. The minimum Gasteiger partial charge on any atom is -0.515 e. The highest BCUT2D eigenvalue weighted by Gasteiger charge is 2.20. The largest absolute Gasteiger partial charge is 0.515 e. The van der Waals surface area contributed by atoms with E-state index < -0.39 is 0 Å². The Labute approximate surface area is 163 Å². The van der Waals surface area contributed by atoms with Crippen LogP contribution in [0.1, 0.15) is 54.4 Å². The van der Waals surface area contributed by atoms with Crippen LogP contribution in [0.4, 0.5) is 5.69 Å². The number of aliphatic hydroxyl groups is 1. The Bertz CT molecular complexity index is 857. The van der Waals surface area contributed by atoms with Crippen LogP contribution < -0.4 is 0 Å². The first-order valence-electron chi connectivity index (χ1n) is 9.53. The Balaban J connectivity index is 2.31. The van der Waals surface area contributed by atoms with E-state index in [1.54, 1.807) is 12.4 Å². The number of hydrogen-bond acceptors (Lipinski definition) is 3. The lowest BCUT2D eigenvalue weighted by atomic mass is 9.79. The van der Waals surface area contributed by atoms with Gasteiger partial charge in [0.2, 0.25) is 0 Å². The highest BCUT2D eigenvalue weighted by Crippen LogP contribution is 2.34. The molecule has 0 amide bonds. The molecule has 1 aromatic heterocycles. The van der Waals surface area contributed by atoms with Gasteiger partial charge in [0, 0.05) is 23.4 Å². The standard InChI is InChI=1S/C24H32N2O/c1-23(2,3)13-12-20(24(4,5)6)15-18(17-27)16-26-21-11-7-9-19-10-8-14-25-22(19)21/h7-11,14-17,27H,12-13H2,1-6H3/b18-17-,20-15+,26-16+. The Morgan fingerprint density at radius 3 is 2.41 bits per heavy atom. The van der Waals surface area contributed by atoms with Crippen molar-refractivity contribution in [2.75, 3.05) is 0 Å². The molecule has 3 nitrogen and oxygen atoms in total. The molecule has 0 saturated carbocycles. The molecule has 2 aromatic rings. The van der Waals surface area contributed by atoms with Gasteiger partial charge in [-0.2, -0.15) is 0 Å². The molecule has 0 aliphatic rings. The summed E-state index contributed by atoms with van der Waals surface area (Å²) in [6.07, 6.45) is 8.77. The number of aliphatic hydroxyl groups excluding tert-OH is 1. The first-order chi connectivity index (χ1) is 12.6. The maximum atomic E-state index is 9.75. The van der Waals surface area contributed by atoms with Gasteiger partial charge in [0.05, 0.1) is 17.5 Å². The number of hydrogen-bond donors (Lipinski definition) is 1. The minimum absolute atomic E-state index is 0.0361.